The summed E-state index contributed by atoms with van der Waals surface area (Å²) >= 11 is 0. The Morgan fingerprint density at radius 2 is 1.15 bits per heavy atom. The summed E-state index contributed by atoms with van der Waals surface area (Å²) in [6.07, 6.45) is 2.39. The molecule has 4 rings (SSSR count). The molecule has 2 aromatic carbocycles. The van der Waals surface area contributed by atoms with Crippen molar-refractivity contribution in [3.05, 3.63) is 71.9 Å². The van der Waals surface area contributed by atoms with Crippen LogP contribution < -0.4 is 9.80 Å². The standard InChI is InChI=1S/C29H40N2OSi/c1-21(2)33(22(3)4,23(5)6)27-20-24(7)29(28(27)32)30(25-14-10-8-11-15-25)18-19-31(29)26-16-12-9-13-17-26/h8-17,20-24H,18-19H2,1-7H3. The fraction of sp³-hybridized carbons (Fsp3) is 0.483. The molecule has 1 unspecified atom stereocenters. The van der Waals surface area contributed by atoms with Crippen LogP contribution in [0.2, 0.25) is 16.6 Å². The van der Waals surface area contributed by atoms with E-state index in [-0.39, 0.29) is 5.92 Å². The molecule has 4 heteroatoms. The first-order valence-electron chi connectivity index (χ1n) is 12.6. The van der Waals surface area contributed by atoms with E-state index in [2.05, 4.69) is 125 Å². The number of Topliss-reactive ketones (excluding diaryl/α,β-unsaturated/α-hetero) is 1. The van der Waals surface area contributed by atoms with Crippen molar-refractivity contribution in [2.75, 3.05) is 22.9 Å². The van der Waals surface area contributed by atoms with Gasteiger partial charge in [0.15, 0.2) is 5.66 Å². The fourth-order valence-electron chi connectivity index (χ4n) is 7.41. The van der Waals surface area contributed by atoms with E-state index < -0.39 is 13.7 Å². The van der Waals surface area contributed by atoms with Gasteiger partial charge in [-0.25, -0.2) is 0 Å². The molecule has 0 N–H and O–H groups in total. The minimum absolute atomic E-state index is 0.103. The van der Waals surface area contributed by atoms with Crippen LogP contribution in [0.3, 0.4) is 0 Å². The van der Waals surface area contributed by atoms with Crippen molar-refractivity contribution in [3.63, 3.8) is 0 Å². The number of carbonyl (C=O) groups is 1. The summed E-state index contributed by atoms with van der Waals surface area (Å²) in [7, 11) is -2.10. The predicted molar refractivity (Wildman–Crippen MR) is 144 cm³/mol. The molecule has 1 heterocycles. The molecule has 3 nitrogen and oxygen atoms in total. The number of rotatable bonds is 6. The normalized spacial score (nSPS) is 20.6. The molecule has 1 spiro atoms. The highest BCUT2D eigenvalue weighted by Gasteiger charge is 2.64. The summed E-state index contributed by atoms with van der Waals surface area (Å²) in [5.41, 5.74) is 3.09. The number of hydrogen-bond acceptors (Lipinski definition) is 3. The lowest BCUT2D eigenvalue weighted by Gasteiger charge is -2.48. The minimum atomic E-state index is -2.10. The van der Waals surface area contributed by atoms with Crippen molar-refractivity contribution >= 4 is 25.2 Å². The second-order valence-electron chi connectivity index (χ2n) is 10.8. The highest BCUT2D eigenvalue weighted by molar-refractivity contribution is 6.94. The van der Waals surface area contributed by atoms with Crippen LogP contribution in [0.4, 0.5) is 11.4 Å². The summed E-state index contributed by atoms with van der Waals surface area (Å²) < 4.78 is 0. The molecule has 0 aromatic heterocycles. The first-order valence-corrected chi connectivity index (χ1v) is 14.9. The third kappa shape index (κ3) is 3.32. The van der Waals surface area contributed by atoms with E-state index in [1.807, 2.05) is 0 Å². The van der Waals surface area contributed by atoms with Crippen LogP contribution in [0.15, 0.2) is 71.9 Å². The molecule has 0 radical (unpaired) electrons. The Balaban J connectivity index is 1.93. The Bertz CT molecular complexity index is 943. The first-order chi connectivity index (χ1) is 15.7. The lowest BCUT2D eigenvalue weighted by atomic mass is 9.92. The molecule has 176 valence electrons. The van der Waals surface area contributed by atoms with Gasteiger partial charge in [-0.05, 0) is 46.1 Å². The molecule has 1 atom stereocenters. The maximum Gasteiger partial charge on any atom is 0.201 e. The number of anilines is 2. The second kappa shape index (κ2) is 8.79. The third-order valence-corrected chi connectivity index (χ3v) is 15.5. The van der Waals surface area contributed by atoms with Crippen molar-refractivity contribution in [1.82, 2.24) is 0 Å². The summed E-state index contributed by atoms with van der Waals surface area (Å²) in [6.45, 7) is 18.1. The van der Waals surface area contributed by atoms with Crippen molar-refractivity contribution in [3.8, 4) is 0 Å². The topological polar surface area (TPSA) is 23.6 Å². The van der Waals surface area contributed by atoms with Gasteiger partial charge in [-0.3, -0.25) is 4.79 Å². The van der Waals surface area contributed by atoms with Crippen LogP contribution in [0.1, 0.15) is 48.5 Å². The van der Waals surface area contributed by atoms with Gasteiger partial charge in [0.05, 0.1) is 8.07 Å². The van der Waals surface area contributed by atoms with Gasteiger partial charge < -0.3 is 9.80 Å². The average Bonchev–Trinajstić information content (AvgIpc) is 3.30. The molecule has 2 aliphatic rings. The molecular formula is C29H40N2OSi. The van der Waals surface area contributed by atoms with Crippen molar-refractivity contribution in [2.24, 2.45) is 5.92 Å². The summed E-state index contributed by atoms with van der Waals surface area (Å²) in [5, 5.41) is 1.18. The summed E-state index contributed by atoms with van der Waals surface area (Å²) in [4.78, 5) is 19.7. The van der Waals surface area contributed by atoms with Crippen molar-refractivity contribution in [2.45, 2.75) is 70.8 Å². The predicted octanol–water partition coefficient (Wildman–Crippen LogP) is 7.07. The maximum atomic E-state index is 15.0. The molecule has 0 amide bonds. The van der Waals surface area contributed by atoms with Gasteiger partial charge in [0.2, 0.25) is 5.78 Å². The van der Waals surface area contributed by atoms with Crippen molar-refractivity contribution < 1.29 is 4.79 Å². The van der Waals surface area contributed by atoms with Gasteiger partial charge >= 0.3 is 0 Å². The van der Waals surface area contributed by atoms with Gasteiger partial charge in [-0.15, -0.1) is 0 Å². The lowest BCUT2D eigenvalue weighted by molar-refractivity contribution is -0.119. The van der Waals surface area contributed by atoms with Crippen molar-refractivity contribution in [1.29, 1.82) is 0 Å². The first kappa shape index (κ1) is 23.8. The van der Waals surface area contributed by atoms with Gasteiger partial charge in [0.25, 0.3) is 0 Å². The molecule has 0 bridgehead atoms. The Kier molecular flexibility index (Phi) is 6.34. The number of ketones is 1. The molecule has 33 heavy (non-hydrogen) atoms. The molecule has 1 saturated heterocycles. The largest absolute Gasteiger partial charge is 0.340 e. The maximum absolute atomic E-state index is 15.0. The number of benzene rings is 2. The third-order valence-electron chi connectivity index (χ3n) is 8.47. The van der Waals surface area contributed by atoms with E-state index in [0.29, 0.717) is 22.4 Å². The quantitative estimate of drug-likeness (QED) is 0.431. The fourth-order valence-corrected chi connectivity index (χ4v) is 14.4. The highest BCUT2D eigenvalue weighted by atomic mass is 28.3. The summed E-state index contributed by atoms with van der Waals surface area (Å²) in [6, 6.07) is 21.1. The molecule has 1 aliphatic heterocycles. The number of para-hydroxylation sites is 2. The van der Waals surface area contributed by atoms with Crippen LogP contribution in [-0.2, 0) is 4.79 Å². The summed E-state index contributed by atoms with van der Waals surface area (Å²) in [5.74, 6) is 0.453. The van der Waals surface area contributed by atoms with Crippen LogP contribution in [0.25, 0.3) is 0 Å². The number of hydrogen-bond donors (Lipinski definition) is 0. The zero-order chi connectivity index (χ0) is 24.0. The zero-order valence-corrected chi connectivity index (χ0v) is 22.4. The van der Waals surface area contributed by atoms with E-state index in [1.165, 1.54) is 5.20 Å². The Morgan fingerprint density at radius 1 is 0.758 bits per heavy atom. The van der Waals surface area contributed by atoms with Crippen LogP contribution in [0, 0.1) is 5.92 Å². The average molecular weight is 461 g/mol. The SMILES string of the molecule is CC1C=C([Si](C(C)C)(C(C)C)C(C)C)C(=O)C12N(c1ccccc1)CCN2c1ccccc1. The Hall–Kier alpha value is -2.33. The molecule has 1 fully saturated rings. The Morgan fingerprint density at radius 3 is 1.52 bits per heavy atom. The van der Waals surface area contributed by atoms with E-state index in [9.17, 15) is 4.79 Å². The molecular weight excluding hydrogens is 420 g/mol. The Labute approximate surface area is 201 Å². The number of carbonyl (C=O) groups excluding carboxylic acids is 1. The van der Waals surface area contributed by atoms with Gasteiger partial charge in [0.1, 0.15) is 0 Å². The number of nitrogens with zero attached hydrogens (tertiary/aromatic N) is 2. The molecule has 2 aromatic rings. The van der Waals surface area contributed by atoms with E-state index in [0.717, 1.165) is 24.5 Å². The highest BCUT2D eigenvalue weighted by Crippen LogP contribution is 2.54. The van der Waals surface area contributed by atoms with Gasteiger partial charge in [-0.2, -0.15) is 0 Å². The second-order valence-corrected chi connectivity index (χ2v) is 16.7. The van der Waals surface area contributed by atoms with E-state index >= 15 is 0 Å². The van der Waals surface area contributed by atoms with Gasteiger partial charge in [-0.1, -0.05) is 90.9 Å². The van der Waals surface area contributed by atoms with E-state index in [4.69, 9.17) is 0 Å². The smallest absolute Gasteiger partial charge is 0.201 e. The monoisotopic (exact) mass is 460 g/mol. The van der Waals surface area contributed by atoms with Crippen LogP contribution in [0.5, 0.6) is 0 Å². The molecule has 0 saturated carbocycles. The lowest BCUT2D eigenvalue weighted by Crippen LogP contribution is -2.63. The zero-order valence-electron chi connectivity index (χ0n) is 21.4. The van der Waals surface area contributed by atoms with Gasteiger partial charge in [0, 0.05) is 30.4 Å². The van der Waals surface area contributed by atoms with E-state index in [1.54, 1.807) is 0 Å². The van der Waals surface area contributed by atoms with Crippen LogP contribution >= 0.6 is 0 Å². The van der Waals surface area contributed by atoms with Crippen LogP contribution in [-0.4, -0.2) is 32.6 Å². The molecule has 1 aliphatic carbocycles. The minimum Gasteiger partial charge on any atom is -0.340 e.